The number of amides is 1. The largest absolute Gasteiger partial charge is 0.494 e. The molecule has 5 heteroatoms. The summed E-state index contributed by atoms with van der Waals surface area (Å²) in [6.45, 7) is 1.73. The molecule has 0 fully saturated rings. The van der Waals surface area contributed by atoms with E-state index in [1.165, 1.54) is 25.3 Å². The van der Waals surface area contributed by atoms with Gasteiger partial charge in [-0.05, 0) is 24.6 Å². The Morgan fingerprint density at radius 1 is 1.59 bits per heavy atom. The normalized spacial score (nSPS) is 12.0. The van der Waals surface area contributed by atoms with Crippen molar-refractivity contribution in [2.24, 2.45) is 0 Å². The van der Waals surface area contributed by atoms with E-state index < -0.39 is 5.82 Å². The molecule has 0 unspecified atom stereocenters. The van der Waals surface area contributed by atoms with E-state index in [2.05, 4.69) is 5.32 Å². The fourth-order valence-corrected chi connectivity index (χ4v) is 1.35. The van der Waals surface area contributed by atoms with Gasteiger partial charge in [-0.25, -0.2) is 4.39 Å². The van der Waals surface area contributed by atoms with Crippen LogP contribution in [0.25, 0.3) is 0 Å². The van der Waals surface area contributed by atoms with Gasteiger partial charge in [0.05, 0.1) is 19.8 Å². The van der Waals surface area contributed by atoms with Gasteiger partial charge in [0.2, 0.25) is 0 Å². The highest BCUT2D eigenvalue weighted by atomic mass is 19.1. The van der Waals surface area contributed by atoms with Crippen LogP contribution in [0, 0.1) is 5.82 Å². The van der Waals surface area contributed by atoms with Crippen molar-refractivity contribution >= 4 is 5.91 Å². The minimum atomic E-state index is -0.516. The summed E-state index contributed by atoms with van der Waals surface area (Å²) in [6, 6.07) is 3.58. The summed E-state index contributed by atoms with van der Waals surface area (Å²) in [5, 5.41) is 11.6. The first kappa shape index (κ1) is 13.4. The van der Waals surface area contributed by atoms with Crippen molar-refractivity contribution in [3.8, 4) is 5.75 Å². The lowest BCUT2D eigenvalue weighted by atomic mass is 10.1. The molecular formula is C12H16FNO3. The molecule has 4 nitrogen and oxygen atoms in total. The Labute approximate surface area is 99.4 Å². The van der Waals surface area contributed by atoms with Gasteiger partial charge < -0.3 is 15.2 Å². The van der Waals surface area contributed by atoms with Gasteiger partial charge in [0, 0.05) is 5.56 Å². The summed E-state index contributed by atoms with van der Waals surface area (Å²) in [7, 11) is 1.34. The van der Waals surface area contributed by atoms with Crippen LogP contribution in [0.1, 0.15) is 23.7 Å². The zero-order chi connectivity index (χ0) is 12.8. The Morgan fingerprint density at radius 2 is 2.29 bits per heavy atom. The first-order valence-corrected chi connectivity index (χ1v) is 5.37. The molecule has 0 saturated heterocycles. The number of aliphatic hydroxyl groups is 1. The summed E-state index contributed by atoms with van der Waals surface area (Å²) in [4.78, 5) is 11.8. The number of carbonyl (C=O) groups is 1. The number of halogens is 1. The zero-order valence-electron chi connectivity index (χ0n) is 9.87. The number of ether oxygens (including phenoxy) is 1. The molecule has 2 N–H and O–H groups in total. The third kappa shape index (κ3) is 3.42. The first-order chi connectivity index (χ1) is 8.12. The van der Waals surface area contributed by atoms with Crippen LogP contribution in [0.2, 0.25) is 0 Å². The fraction of sp³-hybridized carbons (Fsp3) is 0.417. The summed E-state index contributed by atoms with van der Waals surface area (Å²) in [6.07, 6.45) is 0.626. The second kappa shape index (κ2) is 6.20. The van der Waals surface area contributed by atoms with Crippen molar-refractivity contribution in [2.75, 3.05) is 13.7 Å². The van der Waals surface area contributed by atoms with Crippen molar-refractivity contribution in [3.63, 3.8) is 0 Å². The highest BCUT2D eigenvalue weighted by Gasteiger charge is 2.13. The number of hydrogen-bond acceptors (Lipinski definition) is 3. The van der Waals surface area contributed by atoms with Crippen LogP contribution in [-0.4, -0.2) is 30.8 Å². The Kier molecular flexibility index (Phi) is 4.90. The molecule has 0 bridgehead atoms. The van der Waals surface area contributed by atoms with Crippen LogP contribution in [0.5, 0.6) is 5.75 Å². The molecule has 0 heterocycles. The second-order valence-electron chi connectivity index (χ2n) is 3.61. The molecule has 1 atom stereocenters. The fourth-order valence-electron chi connectivity index (χ4n) is 1.35. The number of methoxy groups -OCH3 is 1. The van der Waals surface area contributed by atoms with Crippen LogP contribution in [0.4, 0.5) is 4.39 Å². The first-order valence-electron chi connectivity index (χ1n) is 5.37. The number of carbonyl (C=O) groups excluding carboxylic acids is 1. The second-order valence-corrected chi connectivity index (χ2v) is 3.61. The van der Waals surface area contributed by atoms with Gasteiger partial charge in [0.25, 0.3) is 5.91 Å². The third-order valence-corrected chi connectivity index (χ3v) is 2.46. The highest BCUT2D eigenvalue weighted by Crippen LogP contribution is 2.18. The minimum absolute atomic E-state index is 0.0229. The van der Waals surface area contributed by atoms with E-state index in [0.29, 0.717) is 12.0 Å². The maximum Gasteiger partial charge on any atom is 0.251 e. The van der Waals surface area contributed by atoms with Crippen LogP contribution < -0.4 is 10.1 Å². The Bertz CT molecular complexity index is 391. The van der Waals surface area contributed by atoms with Gasteiger partial charge in [-0.15, -0.1) is 0 Å². The van der Waals surface area contributed by atoms with E-state index in [0.717, 1.165) is 0 Å². The monoisotopic (exact) mass is 241 g/mol. The smallest absolute Gasteiger partial charge is 0.251 e. The number of aliphatic hydroxyl groups excluding tert-OH is 1. The van der Waals surface area contributed by atoms with E-state index >= 15 is 0 Å². The molecule has 1 aromatic rings. The molecule has 0 aromatic heterocycles. The summed E-state index contributed by atoms with van der Waals surface area (Å²) in [5.41, 5.74) is 0.301. The molecule has 0 aliphatic carbocycles. The Hall–Kier alpha value is -1.62. The Balaban J connectivity index is 2.82. The molecule has 1 rings (SSSR count). The van der Waals surface area contributed by atoms with Crippen LogP contribution in [0.3, 0.4) is 0 Å². The number of benzene rings is 1. The number of nitrogens with one attached hydrogen (secondary N) is 1. The molecule has 1 aromatic carbocycles. The minimum Gasteiger partial charge on any atom is -0.494 e. The molecule has 0 aliphatic heterocycles. The predicted octanol–water partition coefficient (Wildman–Crippen LogP) is 1.34. The standard InChI is InChI=1S/C12H16FNO3/c1-3-9(7-15)14-12(16)8-4-5-10(13)11(6-8)17-2/h4-6,9,15H,3,7H2,1-2H3,(H,14,16)/t9-/m0/s1. The van der Waals surface area contributed by atoms with Gasteiger partial charge in [0.15, 0.2) is 11.6 Å². The molecule has 0 radical (unpaired) electrons. The van der Waals surface area contributed by atoms with Crippen molar-refractivity contribution < 1.29 is 19.0 Å². The van der Waals surface area contributed by atoms with E-state index in [9.17, 15) is 9.18 Å². The van der Waals surface area contributed by atoms with Crippen LogP contribution in [0.15, 0.2) is 18.2 Å². The lowest BCUT2D eigenvalue weighted by Gasteiger charge is -2.14. The van der Waals surface area contributed by atoms with Crippen molar-refractivity contribution in [2.45, 2.75) is 19.4 Å². The predicted molar refractivity (Wildman–Crippen MR) is 61.6 cm³/mol. The zero-order valence-corrected chi connectivity index (χ0v) is 9.87. The number of rotatable bonds is 5. The van der Waals surface area contributed by atoms with Gasteiger partial charge in [-0.2, -0.15) is 0 Å². The molecule has 94 valence electrons. The topological polar surface area (TPSA) is 58.6 Å². The maximum absolute atomic E-state index is 13.1. The molecule has 0 aliphatic rings. The molecule has 1 amide bonds. The quantitative estimate of drug-likeness (QED) is 0.817. The summed E-state index contributed by atoms with van der Waals surface area (Å²) < 4.78 is 17.9. The lowest BCUT2D eigenvalue weighted by molar-refractivity contribution is 0.0914. The summed E-state index contributed by atoms with van der Waals surface area (Å²) >= 11 is 0. The maximum atomic E-state index is 13.1. The SMILES string of the molecule is CC[C@@H](CO)NC(=O)c1ccc(F)c(OC)c1. The van der Waals surface area contributed by atoms with Gasteiger partial charge in [-0.3, -0.25) is 4.79 Å². The van der Waals surface area contributed by atoms with E-state index in [1.807, 2.05) is 6.92 Å². The molecular weight excluding hydrogens is 225 g/mol. The van der Waals surface area contributed by atoms with Crippen molar-refractivity contribution in [1.29, 1.82) is 0 Å². The van der Waals surface area contributed by atoms with Crippen LogP contribution in [-0.2, 0) is 0 Å². The average molecular weight is 241 g/mol. The van der Waals surface area contributed by atoms with E-state index in [-0.39, 0.29) is 24.3 Å². The van der Waals surface area contributed by atoms with Crippen molar-refractivity contribution in [3.05, 3.63) is 29.6 Å². The third-order valence-electron chi connectivity index (χ3n) is 2.46. The average Bonchev–Trinajstić information content (AvgIpc) is 2.36. The van der Waals surface area contributed by atoms with E-state index in [1.54, 1.807) is 0 Å². The Morgan fingerprint density at radius 3 is 2.82 bits per heavy atom. The lowest BCUT2D eigenvalue weighted by Crippen LogP contribution is -2.36. The van der Waals surface area contributed by atoms with Gasteiger partial charge >= 0.3 is 0 Å². The van der Waals surface area contributed by atoms with Gasteiger partial charge in [-0.1, -0.05) is 6.92 Å². The van der Waals surface area contributed by atoms with Gasteiger partial charge in [0.1, 0.15) is 0 Å². The summed E-state index contributed by atoms with van der Waals surface area (Å²) in [5.74, 6) is -0.850. The number of hydrogen-bond donors (Lipinski definition) is 2. The molecule has 17 heavy (non-hydrogen) atoms. The van der Waals surface area contributed by atoms with Crippen molar-refractivity contribution in [1.82, 2.24) is 5.32 Å². The van der Waals surface area contributed by atoms with Crippen LogP contribution >= 0.6 is 0 Å². The molecule has 0 spiro atoms. The highest BCUT2D eigenvalue weighted by molar-refractivity contribution is 5.94. The van der Waals surface area contributed by atoms with E-state index in [4.69, 9.17) is 9.84 Å². The molecule has 0 saturated carbocycles.